The molecule has 1 aromatic carbocycles. The van der Waals surface area contributed by atoms with E-state index in [1.807, 2.05) is 0 Å². The Balaban J connectivity index is 0. The van der Waals surface area contributed by atoms with Gasteiger partial charge in [-0.05, 0) is 18.9 Å². The highest BCUT2D eigenvalue weighted by Crippen LogP contribution is 2.04. The molecule has 1 atom stereocenters. The van der Waals surface area contributed by atoms with Crippen molar-refractivity contribution in [3.63, 3.8) is 0 Å². The number of hydrogen-bond donors (Lipinski definition) is 2. The summed E-state index contributed by atoms with van der Waals surface area (Å²) < 4.78 is 0. The number of halogens is 2. The lowest BCUT2D eigenvalue weighted by atomic mass is 10.1. The first-order chi connectivity index (χ1) is 5.72. The topological polar surface area (TPSA) is 52.0 Å². The molecule has 0 aliphatic heterocycles. The van der Waals surface area contributed by atoms with E-state index in [1.165, 1.54) is 11.1 Å². The average Bonchev–Trinajstić information content (AvgIpc) is 2.09. The fraction of sp³-hybridized carbons (Fsp3) is 0.400. The fourth-order valence-corrected chi connectivity index (χ4v) is 1.11. The molecule has 4 heteroatoms. The van der Waals surface area contributed by atoms with Crippen LogP contribution in [0, 0.1) is 6.92 Å². The largest absolute Gasteiger partial charge is 0.329 e. The second-order valence-corrected chi connectivity index (χ2v) is 3.19. The summed E-state index contributed by atoms with van der Waals surface area (Å²) in [5, 5.41) is 0. The van der Waals surface area contributed by atoms with Crippen LogP contribution < -0.4 is 11.5 Å². The van der Waals surface area contributed by atoms with Gasteiger partial charge in [-0.3, -0.25) is 0 Å². The van der Waals surface area contributed by atoms with Gasteiger partial charge in [0.25, 0.3) is 0 Å². The third kappa shape index (κ3) is 5.45. The van der Waals surface area contributed by atoms with Crippen LogP contribution in [0.5, 0.6) is 0 Å². The smallest absolute Gasteiger partial charge is 0.0203 e. The predicted molar refractivity (Wildman–Crippen MR) is 66.4 cm³/mol. The predicted octanol–water partition coefficient (Wildman–Crippen LogP) is 1.67. The van der Waals surface area contributed by atoms with Crippen LogP contribution in [0.4, 0.5) is 0 Å². The minimum atomic E-state index is 0. The lowest BCUT2D eigenvalue weighted by molar-refractivity contribution is 0.678. The van der Waals surface area contributed by atoms with Gasteiger partial charge in [-0.1, -0.05) is 29.8 Å². The molecule has 0 bridgehead atoms. The summed E-state index contributed by atoms with van der Waals surface area (Å²) in [5.74, 6) is 0. The van der Waals surface area contributed by atoms with Crippen LogP contribution in [0.15, 0.2) is 24.3 Å². The maximum Gasteiger partial charge on any atom is 0.0203 e. The molecule has 0 saturated heterocycles. The van der Waals surface area contributed by atoms with Crippen LogP contribution in [0.25, 0.3) is 0 Å². The highest BCUT2D eigenvalue weighted by molar-refractivity contribution is 5.85. The van der Waals surface area contributed by atoms with E-state index in [4.69, 9.17) is 11.5 Å². The zero-order chi connectivity index (χ0) is 8.97. The first kappa shape index (κ1) is 16.2. The van der Waals surface area contributed by atoms with Gasteiger partial charge in [-0.25, -0.2) is 0 Å². The maximum absolute atomic E-state index is 5.72. The van der Waals surface area contributed by atoms with Gasteiger partial charge in [0.1, 0.15) is 0 Å². The summed E-state index contributed by atoms with van der Waals surface area (Å²) in [7, 11) is 0. The van der Waals surface area contributed by atoms with Crippen LogP contribution in [-0.2, 0) is 6.42 Å². The standard InChI is InChI=1S/C10H16N2.2ClH/c1-8-2-4-9(5-3-8)6-10(12)7-11;;/h2-5,10H,6-7,11-12H2,1H3;2*1H. The zero-order valence-electron chi connectivity index (χ0n) is 8.27. The Hall–Kier alpha value is -0.280. The summed E-state index contributed by atoms with van der Waals surface area (Å²) in [6, 6.07) is 8.49. The van der Waals surface area contributed by atoms with Gasteiger partial charge in [-0.15, -0.1) is 24.8 Å². The molecular formula is C10H18Cl2N2. The van der Waals surface area contributed by atoms with Crippen molar-refractivity contribution in [3.8, 4) is 0 Å². The van der Waals surface area contributed by atoms with E-state index in [-0.39, 0.29) is 30.9 Å². The van der Waals surface area contributed by atoms with Gasteiger partial charge in [0, 0.05) is 12.6 Å². The lowest BCUT2D eigenvalue weighted by Gasteiger charge is -2.08. The van der Waals surface area contributed by atoms with Crippen molar-refractivity contribution < 1.29 is 0 Å². The number of aryl methyl sites for hydroxylation is 1. The van der Waals surface area contributed by atoms with Crippen molar-refractivity contribution in [2.24, 2.45) is 11.5 Å². The third-order valence-electron chi connectivity index (χ3n) is 1.92. The molecule has 1 unspecified atom stereocenters. The quantitative estimate of drug-likeness (QED) is 0.840. The Morgan fingerprint density at radius 1 is 1.14 bits per heavy atom. The van der Waals surface area contributed by atoms with Crippen molar-refractivity contribution in [1.82, 2.24) is 0 Å². The van der Waals surface area contributed by atoms with E-state index in [2.05, 4.69) is 31.2 Å². The van der Waals surface area contributed by atoms with E-state index in [0.29, 0.717) is 6.54 Å². The molecule has 14 heavy (non-hydrogen) atoms. The number of rotatable bonds is 3. The van der Waals surface area contributed by atoms with Gasteiger partial charge >= 0.3 is 0 Å². The number of benzene rings is 1. The number of nitrogens with two attached hydrogens (primary N) is 2. The lowest BCUT2D eigenvalue weighted by Crippen LogP contribution is -2.31. The van der Waals surface area contributed by atoms with Crippen LogP contribution in [-0.4, -0.2) is 12.6 Å². The van der Waals surface area contributed by atoms with Crippen LogP contribution in [0.2, 0.25) is 0 Å². The maximum atomic E-state index is 5.72. The zero-order valence-corrected chi connectivity index (χ0v) is 9.91. The molecular weight excluding hydrogens is 219 g/mol. The molecule has 82 valence electrons. The van der Waals surface area contributed by atoms with Gasteiger partial charge in [0.05, 0.1) is 0 Å². The molecule has 0 heterocycles. The molecule has 4 N–H and O–H groups in total. The molecule has 0 spiro atoms. The molecule has 1 aromatic rings. The minimum Gasteiger partial charge on any atom is -0.329 e. The molecule has 0 aliphatic carbocycles. The molecule has 2 nitrogen and oxygen atoms in total. The van der Waals surface area contributed by atoms with Gasteiger partial charge < -0.3 is 11.5 Å². The Labute approximate surface area is 97.9 Å². The van der Waals surface area contributed by atoms with E-state index in [1.54, 1.807) is 0 Å². The fourth-order valence-electron chi connectivity index (χ4n) is 1.11. The average molecular weight is 237 g/mol. The molecule has 0 saturated carbocycles. The van der Waals surface area contributed by atoms with Gasteiger partial charge in [-0.2, -0.15) is 0 Å². The van der Waals surface area contributed by atoms with Crippen molar-refractivity contribution in [2.75, 3.05) is 6.54 Å². The Bertz CT molecular complexity index is 236. The van der Waals surface area contributed by atoms with Crippen molar-refractivity contribution in [1.29, 1.82) is 0 Å². The Morgan fingerprint density at radius 3 is 2.07 bits per heavy atom. The first-order valence-corrected chi connectivity index (χ1v) is 4.23. The van der Waals surface area contributed by atoms with E-state index >= 15 is 0 Å². The number of hydrogen-bond acceptors (Lipinski definition) is 2. The van der Waals surface area contributed by atoms with Crippen LogP contribution >= 0.6 is 24.8 Å². The minimum absolute atomic E-state index is 0. The monoisotopic (exact) mass is 236 g/mol. The van der Waals surface area contributed by atoms with Crippen LogP contribution in [0.3, 0.4) is 0 Å². The molecule has 0 amide bonds. The van der Waals surface area contributed by atoms with Gasteiger partial charge in [0.15, 0.2) is 0 Å². The van der Waals surface area contributed by atoms with E-state index < -0.39 is 0 Å². The third-order valence-corrected chi connectivity index (χ3v) is 1.92. The Morgan fingerprint density at radius 2 is 1.64 bits per heavy atom. The molecule has 0 aliphatic rings. The summed E-state index contributed by atoms with van der Waals surface area (Å²) in [6.07, 6.45) is 0.872. The summed E-state index contributed by atoms with van der Waals surface area (Å²) in [4.78, 5) is 0. The van der Waals surface area contributed by atoms with Gasteiger partial charge in [0.2, 0.25) is 0 Å². The second-order valence-electron chi connectivity index (χ2n) is 3.19. The molecule has 1 rings (SSSR count). The highest BCUT2D eigenvalue weighted by Gasteiger charge is 2.00. The second kappa shape index (κ2) is 8.06. The highest BCUT2D eigenvalue weighted by atomic mass is 35.5. The normalized spacial score (nSPS) is 11.1. The van der Waals surface area contributed by atoms with E-state index in [0.717, 1.165) is 6.42 Å². The molecule has 0 radical (unpaired) electrons. The SMILES string of the molecule is Cc1ccc(CC(N)CN)cc1.Cl.Cl. The summed E-state index contributed by atoms with van der Waals surface area (Å²) in [5.41, 5.74) is 13.7. The molecule has 0 fully saturated rings. The summed E-state index contributed by atoms with van der Waals surface area (Å²) in [6.45, 7) is 2.63. The first-order valence-electron chi connectivity index (χ1n) is 4.23. The van der Waals surface area contributed by atoms with E-state index in [9.17, 15) is 0 Å². The van der Waals surface area contributed by atoms with Crippen molar-refractivity contribution in [3.05, 3.63) is 35.4 Å². The Kier molecular flexibility index (Phi) is 9.31. The summed E-state index contributed by atoms with van der Waals surface area (Å²) >= 11 is 0. The van der Waals surface area contributed by atoms with Crippen LogP contribution in [0.1, 0.15) is 11.1 Å². The molecule has 0 aromatic heterocycles. The van der Waals surface area contributed by atoms with Crippen molar-refractivity contribution in [2.45, 2.75) is 19.4 Å². The van der Waals surface area contributed by atoms with Crippen molar-refractivity contribution >= 4 is 24.8 Å².